The van der Waals surface area contributed by atoms with Crippen molar-refractivity contribution >= 4 is 11.6 Å². The first-order chi connectivity index (χ1) is 8.28. The van der Waals surface area contributed by atoms with Crippen LogP contribution in [0.15, 0.2) is 12.4 Å². The lowest BCUT2D eigenvalue weighted by atomic mass is 9.83. The molecule has 0 atom stereocenters. The number of nitrogens with two attached hydrogens (primary N) is 1. The minimum absolute atomic E-state index is 0.452. The van der Waals surface area contributed by atoms with E-state index >= 15 is 0 Å². The molecule has 1 aliphatic rings. The lowest BCUT2D eigenvalue weighted by Gasteiger charge is -2.27. The van der Waals surface area contributed by atoms with Gasteiger partial charge in [-0.25, -0.2) is 10.8 Å². The molecule has 0 bridgehead atoms. The Hall–Kier alpha value is -1.36. The summed E-state index contributed by atoms with van der Waals surface area (Å²) in [6.45, 7) is 3.25. The van der Waals surface area contributed by atoms with E-state index < -0.39 is 0 Å². The van der Waals surface area contributed by atoms with Gasteiger partial charge in [0.25, 0.3) is 0 Å². The summed E-state index contributed by atoms with van der Waals surface area (Å²) in [5, 5.41) is 3.38. The molecule has 2 rings (SSSR count). The average Bonchev–Trinajstić information content (AvgIpc) is 2.86. The minimum Gasteiger partial charge on any atom is -0.368 e. The molecule has 0 spiro atoms. The molecule has 0 unspecified atom stereocenters. The van der Waals surface area contributed by atoms with Crippen LogP contribution in [0.4, 0.5) is 11.6 Å². The van der Waals surface area contributed by atoms with Crippen LogP contribution in [0.1, 0.15) is 39.0 Å². The first kappa shape index (κ1) is 12.1. The van der Waals surface area contributed by atoms with Crippen LogP contribution < -0.4 is 16.6 Å². The van der Waals surface area contributed by atoms with Gasteiger partial charge in [0.1, 0.15) is 5.82 Å². The molecule has 94 valence electrons. The normalized spacial score (nSPS) is 18.0. The zero-order valence-electron chi connectivity index (χ0n) is 10.4. The highest BCUT2D eigenvalue weighted by Gasteiger charge is 2.31. The van der Waals surface area contributed by atoms with Crippen LogP contribution in [0.5, 0.6) is 0 Å². The van der Waals surface area contributed by atoms with Crippen LogP contribution in [0.25, 0.3) is 0 Å². The van der Waals surface area contributed by atoms with E-state index in [1.807, 2.05) is 0 Å². The Kier molecular flexibility index (Phi) is 3.78. The molecule has 17 heavy (non-hydrogen) atoms. The highest BCUT2D eigenvalue weighted by molar-refractivity contribution is 5.40. The van der Waals surface area contributed by atoms with Gasteiger partial charge in [0.2, 0.25) is 0 Å². The van der Waals surface area contributed by atoms with Crippen molar-refractivity contribution in [3.8, 4) is 0 Å². The first-order valence-corrected chi connectivity index (χ1v) is 6.30. The minimum atomic E-state index is 0.452. The van der Waals surface area contributed by atoms with Gasteiger partial charge in [-0.2, -0.15) is 0 Å². The smallest absolute Gasteiger partial charge is 0.160 e. The number of nitrogens with zero attached hydrogens (tertiary/aromatic N) is 2. The van der Waals surface area contributed by atoms with Crippen molar-refractivity contribution in [1.29, 1.82) is 0 Å². The second-order valence-corrected chi connectivity index (χ2v) is 4.85. The maximum absolute atomic E-state index is 5.31. The summed E-state index contributed by atoms with van der Waals surface area (Å²) in [7, 11) is 0. The zero-order valence-corrected chi connectivity index (χ0v) is 10.4. The predicted molar refractivity (Wildman–Crippen MR) is 69.5 cm³/mol. The summed E-state index contributed by atoms with van der Waals surface area (Å²) < 4.78 is 0. The Morgan fingerprint density at radius 1 is 1.29 bits per heavy atom. The maximum atomic E-state index is 5.31. The summed E-state index contributed by atoms with van der Waals surface area (Å²) in [6, 6.07) is 0. The van der Waals surface area contributed by atoms with Gasteiger partial charge in [-0.15, -0.1) is 0 Å². The fraction of sp³-hybridized carbons (Fsp3) is 0.667. The number of hydrazine groups is 1. The molecule has 1 saturated carbocycles. The number of aromatic nitrogens is 2. The van der Waals surface area contributed by atoms with Gasteiger partial charge >= 0.3 is 0 Å². The Bertz CT molecular complexity index is 360. The Labute approximate surface area is 102 Å². The second kappa shape index (κ2) is 5.31. The molecule has 0 saturated heterocycles. The van der Waals surface area contributed by atoms with Crippen LogP contribution in [0.3, 0.4) is 0 Å². The van der Waals surface area contributed by atoms with E-state index in [4.69, 9.17) is 5.84 Å². The molecule has 5 heteroatoms. The molecule has 1 aromatic rings. The molecule has 0 aromatic carbocycles. The summed E-state index contributed by atoms with van der Waals surface area (Å²) in [5.41, 5.74) is 2.96. The van der Waals surface area contributed by atoms with Crippen LogP contribution in [0.2, 0.25) is 0 Å². The van der Waals surface area contributed by atoms with Crippen molar-refractivity contribution in [3.05, 3.63) is 12.4 Å². The maximum Gasteiger partial charge on any atom is 0.160 e. The highest BCUT2D eigenvalue weighted by Crippen LogP contribution is 2.40. The molecule has 0 radical (unpaired) electrons. The highest BCUT2D eigenvalue weighted by atomic mass is 15.3. The molecule has 1 aliphatic carbocycles. The molecular formula is C12H21N5. The fourth-order valence-corrected chi connectivity index (χ4v) is 2.58. The largest absolute Gasteiger partial charge is 0.368 e. The van der Waals surface area contributed by atoms with Crippen LogP contribution in [0, 0.1) is 5.41 Å². The van der Waals surface area contributed by atoms with E-state index in [1.165, 1.54) is 32.1 Å². The Morgan fingerprint density at radius 2 is 2.00 bits per heavy atom. The first-order valence-electron chi connectivity index (χ1n) is 6.30. The van der Waals surface area contributed by atoms with Gasteiger partial charge in [-0.3, -0.25) is 4.98 Å². The Morgan fingerprint density at radius 3 is 2.65 bits per heavy atom. The monoisotopic (exact) mass is 235 g/mol. The molecular weight excluding hydrogens is 214 g/mol. The topological polar surface area (TPSA) is 75.9 Å². The van der Waals surface area contributed by atoms with Gasteiger partial charge in [0.15, 0.2) is 5.82 Å². The van der Waals surface area contributed by atoms with Crippen LogP contribution in [-0.2, 0) is 0 Å². The molecule has 1 aromatic heterocycles. The second-order valence-electron chi connectivity index (χ2n) is 4.85. The number of hydrogen-bond acceptors (Lipinski definition) is 5. The number of hydrogen-bond donors (Lipinski definition) is 3. The fourth-order valence-electron chi connectivity index (χ4n) is 2.58. The van der Waals surface area contributed by atoms with Crippen molar-refractivity contribution in [3.63, 3.8) is 0 Å². The van der Waals surface area contributed by atoms with Gasteiger partial charge in [0, 0.05) is 6.54 Å². The average molecular weight is 235 g/mol. The van der Waals surface area contributed by atoms with E-state index in [9.17, 15) is 0 Å². The van der Waals surface area contributed by atoms with Gasteiger partial charge < -0.3 is 10.7 Å². The molecule has 0 aliphatic heterocycles. The van der Waals surface area contributed by atoms with Gasteiger partial charge in [0.05, 0.1) is 12.4 Å². The van der Waals surface area contributed by atoms with Crippen molar-refractivity contribution in [2.75, 3.05) is 17.3 Å². The van der Waals surface area contributed by atoms with Gasteiger partial charge in [-0.1, -0.05) is 19.8 Å². The lowest BCUT2D eigenvalue weighted by molar-refractivity contribution is 0.306. The molecule has 5 nitrogen and oxygen atoms in total. The summed E-state index contributed by atoms with van der Waals surface area (Å²) in [5.74, 6) is 6.69. The molecule has 0 amide bonds. The third-order valence-electron chi connectivity index (χ3n) is 3.84. The van der Waals surface area contributed by atoms with Crippen molar-refractivity contribution in [2.24, 2.45) is 11.3 Å². The van der Waals surface area contributed by atoms with Crippen molar-refractivity contribution < 1.29 is 0 Å². The van der Waals surface area contributed by atoms with E-state index in [-0.39, 0.29) is 0 Å². The van der Waals surface area contributed by atoms with Crippen LogP contribution in [-0.4, -0.2) is 16.5 Å². The van der Waals surface area contributed by atoms with Gasteiger partial charge in [-0.05, 0) is 24.7 Å². The van der Waals surface area contributed by atoms with Crippen molar-refractivity contribution in [2.45, 2.75) is 39.0 Å². The van der Waals surface area contributed by atoms with E-state index in [2.05, 4.69) is 27.6 Å². The van der Waals surface area contributed by atoms with Crippen molar-refractivity contribution in [1.82, 2.24) is 9.97 Å². The molecule has 1 heterocycles. The third kappa shape index (κ3) is 2.85. The predicted octanol–water partition coefficient (Wildman–Crippen LogP) is 2.14. The quantitative estimate of drug-likeness (QED) is 0.538. The molecule has 1 fully saturated rings. The number of nitrogen functional groups attached to an aromatic ring is 1. The summed E-state index contributed by atoms with van der Waals surface area (Å²) in [4.78, 5) is 8.39. The summed E-state index contributed by atoms with van der Waals surface area (Å²) >= 11 is 0. The zero-order chi connectivity index (χ0) is 12.1. The number of anilines is 2. The van der Waals surface area contributed by atoms with E-state index in [0.717, 1.165) is 12.4 Å². The SMILES string of the molecule is CCC1(CNc2cncc(NN)n2)CCCC1. The van der Waals surface area contributed by atoms with E-state index in [0.29, 0.717) is 11.2 Å². The number of rotatable bonds is 5. The summed E-state index contributed by atoms with van der Waals surface area (Å²) in [6.07, 6.45) is 9.91. The van der Waals surface area contributed by atoms with Crippen LogP contribution >= 0.6 is 0 Å². The lowest BCUT2D eigenvalue weighted by Crippen LogP contribution is -2.26. The number of nitrogens with one attached hydrogen (secondary N) is 2. The molecule has 4 N–H and O–H groups in total. The third-order valence-corrected chi connectivity index (χ3v) is 3.84. The van der Waals surface area contributed by atoms with E-state index in [1.54, 1.807) is 12.4 Å². The standard InChI is InChI=1S/C12H21N5/c1-2-12(5-3-4-6-12)9-15-10-7-14-8-11(16-10)17-13/h7-8H,2-6,9,13H2,1H3,(H2,15,16,17). The Balaban J connectivity index is 1.96.